The van der Waals surface area contributed by atoms with E-state index in [1.165, 1.54) is 5.56 Å². The Bertz CT molecular complexity index is 780. The molecule has 1 aromatic heterocycles. The number of methoxy groups -OCH3 is 1. The molecule has 0 aliphatic heterocycles. The zero-order valence-electron chi connectivity index (χ0n) is 12.9. The van der Waals surface area contributed by atoms with Gasteiger partial charge in [0, 0.05) is 11.1 Å². The van der Waals surface area contributed by atoms with E-state index in [2.05, 4.69) is 22.1 Å². The number of rotatable bonds is 3. The standard InChI is InChI=1S/C18H17N3O/c1-12-4-6-15(7-5-12)18-19-13(2)17(20-21-18)14-8-10-16(22-3)11-9-14/h4-11H,1-3H3. The van der Waals surface area contributed by atoms with E-state index < -0.39 is 0 Å². The summed E-state index contributed by atoms with van der Waals surface area (Å²) in [6.45, 7) is 4.01. The van der Waals surface area contributed by atoms with Gasteiger partial charge in [0.05, 0.1) is 12.8 Å². The average Bonchev–Trinajstić information content (AvgIpc) is 2.56. The highest BCUT2D eigenvalue weighted by Gasteiger charge is 2.09. The van der Waals surface area contributed by atoms with E-state index in [0.717, 1.165) is 28.3 Å². The highest BCUT2D eigenvalue weighted by molar-refractivity contribution is 5.63. The first-order valence-corrected chi connectivity index (χ1v) is 7.10. The molecule has 22 heavy (non-hydrogen) atoms. The number of aromatic nitrogens is 3. The van der Waals surface area contributed by atoms with Crippen LogP contribution in [0.15, 0.2) is 48.5 Å². The summed E-state index contributed by atoms with van der Waals surface area (Å²) in [6.07, 6.45) is 0. The Hall–Kier alpha value is -2.75. The fourth-order valence-corrected chi connectivity index (χ4v) is 2.24. The maximum Gasteiger partial charge on any atom is 0.182 e. The van der Waals surface area contributed by atoms with Crippen molar-refractivity contribution < 1.29 is 4.74 Å². The van der Waals surface area contributed by atoms with Gasteiger partial charge in [-0.15, -0.1) is 10.2 Å². The summed E-state index contributed by atoms with van der Waals surface area (Å²) in [5, 5.41) is 8.62. The Balaban J connectivity index is 1.96. The van der Waals surface area contributed by atoms with Crippen LogP contribution in [-0.2, 0) is 0 Å². The third-order valence-corrected chi connectivity index (χ3v) is 3.53. The number of aryl methyl sites for hydroxylation is 2. The Morgan fingerprint density at radius 3 is 2.00 bits per heavy atom. The molecule has 0 bridgehead atoms. The smallest absolute Gasteiger partial charge is 0.182 e. The molecule has 0 amide bonds. The maximum absolute atomic E-state index is 5.17. The molecule has 0 radical (unpaired) electrons. The highest BCUT2D eigenvalue weighted by atomic mass is 16.5. The number of nitrogens with zero attached hydrogens (tertiary/aromatic N) is 3. The van der Waals surface area contributed by atoms with E-state index in [9.17, 15) is 0 Å². The minimum Gasteiger partial charge on any atom is -0.497 e. The van der Waals surface area contributed by atoms with Crippen molar-refractivity contribution in [3.63, 3.8) is 0 Å². The molecule has 3 rings (SSSR count). The number of benzene rings is 2. The van der Waals surface area contributed by atoms with Crippen LogP contribution < -0.4 is 4.74 Å². The number of hydrogen-bond donors (Lipinski definition) is 0. The molecule has 3 aromatic rings. The van der Waals surface area contributed by atoms with Crippen LogP contribution in [0.1, 0.15) is 11.3 Å². The second-order valence-electron chi connectivity index (χ2n) is 5.16. The largest absolute Gasteiger partial charge is 0.497 e. The van der Waals surface area contributed by atoms with Crippen molar-refractivity contribution in [1.29, 1.82) is 0 Å². The minimum absolute atomic E-state index is 0.648. The Labute approximate surface area is 129 Å². The molecule has 0 aliphatic rings. The van der Waals surface area contributed by atoms with Crippen molar-refractivity contribution in [3.8, 4) is 28.4 Å². The van der Waals surface area contributed by atoms with Crippen molar-refractivity contribution in [2.45, 2.75) is 13.8 Å². The lowest BCUT2D eigenvalue weighted by molar-refractivity contribution is 0.415. The molecule has 0 N–H and O–H groups in total. The minimum atomic E-state index is 0.648. The van der Waals surface area contributed by atoms with Crippen LogP contribution in [0.5, 0.6) is 5.75 Å². The Morgan fingerprint density at radius 2 is 1.41 bits per heavy atom. The van der Waals surface area contributed by atoms with Crippen LogP contribution in [0.2, 0.25) is 0 Å². The fourth-order valence-electron chi connectivity index (χ4n) is 2.24. The van der Waals surface area contributed by atoms with Gasteiger partial charge < -0.3 is 4.74 Å². The average molecular weight is 291 g/mol. The van der Waals surface area contributed by atoms with Gasteiger partial charge in [-0.3, -0.25) is 0 Å². The van der Waals surface area contributed by atoms with E-state index in [4.69, 9.17) is 4.74 Å². The summed E-state index contributed by atoms with van der Waals surface area (Å²) >= 11 is 0. The molecule has 0 spiro atoms. The molecule has 2 aromatic carbocycles. The zero-order chi connectivity index (χ0) is 15.5. The first-order valence-electron chi connectivity index (χ1n) is 7.10. The molecule has 1 heterocycles. The van der Waals surface area contributed by atoms with Gasteiger partial charge in [-0.1, -0.05) is 29.8 Å². The first-order chi connectivity index (χ1) is 10.7. The highest BCUT2D eigenvalue weighted by Crippen LogP contribution is 2.24. The normalized spacial score (nSPS) is 10.5. The van der Waals surface area contributed by atoms with E-state index in [1.54, 1.807) is 7.11 Å². The molecular weight excluding hydrogens is 274 g/mol. The van der Waals surface area contributed by atoms with Gasteiger partial charge in [0.15, 0.2) is 5.82 Å². The second kappa shape index (κ2) is 5.93. The van der Waals surface area contributed by atoms with Crippen LogP contribution in [0.3, 0.4) is 0 Å². The van der Waals surface area contributed by atoms with Gasteiger partial charge in [0.25, 0.3) is 0 Å². The van der Waals surface area contributed by atoms with Crippen LogP contribution in [0.25, 0.3) is 22.6 Å². The summed E-state index contributed by atoms with van der Waals surface area (Å²) in [7, 11) is 1.65. The predicted molar refractivity (Wildman–Crippen MR) is 86.7 cm³/mol. The molecule has 110 valence electrons. The second-order valence-corrected chi connectivity index (χ2v) is 5.16. The summed E-state index contributed by atoms with van der Waals surface area (Å²) in [6, 6.07) is 15.9. The van der Waals surface area contributed by atoms with Crippen molar-refractivity contribution >= 4 is 0 Å². The molecule has 0 aliphatic carbocycles. The Kier molecular flexibility index (Phi) is 3.83. The molecule has 0 atom stereocenters. The van der Waals surface area contributed by atoms with Gasteiger partial charge in [-0.2, -0.15) is 0 Å². The lowest BCUT2D eigenvalue weighted by atomic mass is 10.1. The van der Waals surface area contributed by atoms with E-state index in [1.807, 2.05) is 55.5 Å². The van der Waals surface area contributed by atoms with Crippen molar-refractivity contribution in [2.24, 2.45) is 0 Å². The van der Waals surface area contributed by atoms with Crippen LogP contribution in [-0.4, -0.2) is 22.3 Å². The molecule has 0 unspecified atom stereocenters. The molecule has 4 nitrogen and oxygen atoms in total. The van der Waals surface area contributed by atoms with Crippen molar-refractivity contribution in [3.05, 3.63) is 59.8 Å². The topological polar surface area (TPSA) is 47.9 Å². The Morgan fingerprint density at radius 1 is 0.773 bits per heavy atom. The summed E-state index contributed by atoms with van der Waals surface area (Å²) < 4.78 is 5.17. The lowest BCUT2D eigenvalue weighted by Gasteiger charge is -2.07. The van der Waals surface area contributed by atoms with Gasteiger partial charge in [-0.25, -0.2) is 4.98 Å². The lowest BCUT2D eigenvalue weighted by Crippen LogP contribution is -1.99. The van der Waals surface area contributed by atoms with Gasteiger partial charge >= 0.3 is 0 Å². The van der Waals surface area contributed by atoms with Gasteiger partial charge in [-0.05, 0) is 38.1 Å². The summed E-state index contributed by atoms with van der Waals surface area (Å²) in [5.74, 6) is 1.47. The van der Waals surface area contributed by atoms with Gasteiger partial charge in [0.2, 0.25) is 0 Å². The van der Waals surface area contributed by atoms with Crippen LogP contribution in [0.4, 0.5) is 0 Å². The fraction of sp³-hybridized carbons (Fsp3) is 0.167. The third kappa shape index (κ3) is 2.81. The van der Waals surface area contributed by atoms with Gasteiger partial charge in [0.1, 0.15) is 11.4 Å². The van der Waals surface area contributed by atoms with E-state index in [0.29, 0.717) is 5.82 Å². The number of hydrogen-bond acceptors (Lipinski definition) is 4. The van der Waals surface area contributed by atoms with Crippen LogP contribution in [0, 0.1) is 13.8 Å². The van der Waals surface area contributed by atoms with Crippen molar-refractivity contribution in [1.82, 2.24) is 15.2 Å². The quantitative estimate of drug-likeness (QED) is 0.736. The maximum atomic E-state index is 5.17. The van der Waals surface area contributed by atoms with Crippen molar-refractivity contribution in [2.75, 3.05) is 7.11 Å². The molecule has 4 heteroatoms. The zero-order valence-corrected chi connectivity index (χ0v) is 12.9. The molecule has 0 fully saturated rings. The predicted octanol–water partition coefficient (Wildman–Crippen LogP) is 3.83. The van der Waals surface area contributed by atoms with E-state index in [-0.39, 0.29) is 0 Å². The molecule has 0 saturated heterocycles. The molecular formula is C18H17N3O. The third-order valence-electron chi connectivity index (χ3n) is 3.53. The molecule has 0 saturated carbocycles. The van der Waals surface area contributed by atoms with E-state index >= 15 is 0 Å². The SMILES string of the molecule is COc1ccc(-c2nnc(-c3ccc(C)cc3)nc2C)cc1. The monoisotopic (exact) mass is 291 g/mol. The first kappa shape index (κ1) is 14.2. The summed E-state index contributed by atoms with van der Waals surface area (Å²) in [5.41, 5.74) is 4.81. The van der Waals surface area contributed by atoms with Crippen LogP contribution >= 0.6 is 0 Å². The summed E-state index contributed by atoms with van der Waals surface area (Å²) in [4.78, 5) is 4.59. The number of ether oxygens (including phenoxy) is 1.